The van der Waals surface area contributed by atoms with E-state index in [-0.39, 0.29) is 0 Å². The van der Waals surface area contributed by atoms with Crippen LogP contribution >= 0.6 is 0 Å². The maximum Gasteiger partial charge on any atom is 0.333 e. The Hall–Kier alpha value is -1.62. The van der Waals surface area contributed by atoms with Crippen molar-refractivity contribution in [3.05, 3.63) is 24.8 Å². The summed E-state index contributed by atoms with van der Waals surface area (Å²) in [6.45, 7) is 8.60. The molecule has 0 saturated heterocycles. The van der Waals surface area contributed by atoms with E-state index < -0.39 is 29.2 Å². The fourth-order valence-corrected chi connectivity index (χ4v) is 4.80. The summed E-state index contributed by atoms with van der Waals surface area (Å²) in [6, 6.07) is 0. The molecule has 0 aromatic carbocycles. The molecule has 5 heteroatoms. The second kappa shape index (κ2) is 4.95. The first-order valence-corrected chi connectivity index (χ1v) is 7.72. The Kier molecular flexibility index (Phi) is 3.44. The highest BCUT2D eigenvalue weighted by Crippen LogP contribution is 2.60. The molecule has 4 saturated carbocycles. The van der Waals surface area contributed by atoms with Crippen LogP contribution in [-0.2, 0) is 19.1 Å². The standard InChI is InChI=1S/C17H22O5/c1-4-13(18)21-15-16(20)6-11-5-12(7-16)9-17(15,8-11)22-14(19)10(2)3/h4,11-12,15,20H,1-2,5-9H2,3H3. The lowest BCUT2D eigenvalue weighted by molar-refractivity contribution is -0.281. The molecule has 120 valence electrons. The highest BCUT2D eigenvalue weighted by atomic mass is 16.6. The summed E-state index contributed by atoms with van der Waals surface area (Å²) in [5.74, 6) is -0.495. The van der Waals surface area contributed by atoms with Crippen LogP contribution in [0.1, 0.15) is 39.0 Å². The number of ether oxygens (including phenoxy) is 2. The first-order valence-electron chi connectivity index (χ1n) is 7.72. The zero-order valence-electron chi connectivity index (χ0n) is 12.8. The average molecular weight is 306 g/mol. The van der Waals surface area contributed by atoms with Gasteiger partial charge in [-0.15, -0.1) is 0 Å². The van der Waals surface area contributed by atoms with E-state index in [4.69, 9.17) is 9.47 Å². The molecule has 0 heterocycles. The van der Waals surface area contributed by atoms with Crippen molar-refractivity contribution < 1.29 is 24.2 Å². The molecule has 4 aliphatic rings. The van der Waals surface area contributed by atoms with Crippen molar-refractivity contribution in [2.45, 2.75) is 56.3 Å². The van der Waals surface area contributed by atoms with Gasteiger partial charge in [-0.05, 0) is 50.9 Å². The molecule has 3 atom stereocenters. The minimum absolute atomic E-state index is 0.300. The molecule has 0 spiro atoms. The van der Waals surface area contributed by atoms with Gasteiger partial charge in [-0.2, -0.15) is 0 Å². The number of hydrogen-bond donors (Lipinski definition) is 1. The molecule has 0 aromatic heterocycles. The summed E-state index contributed by atoms with van der Waals surface area (Å²) >= 11 is 0. The Labute approximate surface area is 130 Å². The Morgan fingerprint density at radius 3 is 2.32 bits per heavy atom. The number of carbonyl (C=O) groups is 2. The zero-order valence-corrected chi connectivity index (χ0v) is 12.8. The average Bonchev–Trinajstić information content (AvgIpc) is 2.41. The minimum Gasteiger partial charge on any atom is -0.452 e. The Morgan fingerprint density at radius 1 is 1.23 bits per heavy atom. The van der Waals surface area contributed by atoms with Crippen LogP contribution in [0.15, 0.2) is 24.8 Å². The van der Waals surface area contributed by atoms with Crippen LogP contribution in [0.25, 0.3) is 0 Å². The molecule has 4 rings (SSSR count). The topological polar surface area (TPSA) is 72.8 Å². The molecule has 4 aliphatic carbocycles. The molecule has 1 N–H and O–H groups in total. The SMILES string of the molecule is C=CC(=O)OC1C2(O)CC3CC(C2)CC1(OC(=O)C(=C)C)C3. The van der Waals surface area contributed by atoms with Crippen molar-refractivity contribution in [3.63, 3.8) is 0 Å². The Bertz CT molecular complexity index is 535. The van der Waals surface area contributed by atoms with E-state index in [1.807, 2.05) is 0 Å². The summed E-state index contributed by atoms with van der Waals surface area (Å²) in [5.41, 5.74) is -1.75. The van der Waals surface area contributed by atoms with E-state index in [1.165, 1.54) is 0 Å². The van der Waals surface area contributed by atoms with Gasteiger partial charge in [-0.3, -0.25) is 0 Å². The molecular formula is C17H22O5. The largest absolute Gasteiger partial charge is 0.452 e. The first-order chi connectivity index (χ1) is 10.3. The highest BCUT2D eigenvalue weighted by Gasteiger charge is 2.67. The smallest absolute Gasteiger partial charge is 0.333 e. The van der Waals surface area contributed by atoms with Crippen molar-refractivity contribution in [3.8, 4) is 0 Å². The fraction of sp³-hybridized carbons (Fsp3) is 0.647. The normalized spacial score (nSPS) is 41.8. The molecule has 4 bridgehead atoms. The molecule has 22 heavy (non-hydrogen) atoms. The van der Waals surface area contributed by atoms with Crippen molar-refractivity contribution >= 4 is 11.9 Å². The lowest BCUT2D eigenvalue weighted by Crippen LogP contribution is -2.71. The number of hydrogen-bond acceptors (Lipinski definition) is 5. The third-order valence-electron chi connectivity index (χ3n) is 5.23. The fourth-order valence-electron chi connectivity index (χ4n) is 4.80. The van der Waals surface area contributed by atoms with Crippen molar-refractivity contribution in [2.24, 2.45) is 11.8 Å². The lowest BCUT2D eigenvalue weighted by atomic mass is 9.50. The van der Waals surface area contributed by atoms with E-state index in [0.717, 1.165) is 12.5 Å². The van der Waals surface area contributed by atoms with Crippen molar-refractivity contribution in [1.82, 2.24) is 0 Å². The van der Waals surface area contributed by atoms with Crippen molar-refractivity contribution in [1.29, 1.82) is 0 Å². The molecular weight excluding hydrogens is 284 g/mol. The molecule has 0 radical (unpaired) electrons. The van der Waals surface area contributed by atoms with Gasteiger partial charge >= 0.3 is 11.9 Å². The number of esters is 2. The Morgan fingerprint density at radius 2 is 1.82 bits per heavy atom. The first kappa shape index (κ1) is 15.3. The summed E-state index contributed by atoms with van der Waals surface area (Å²) in [5, 5.41) is 11.0. The van der Waals surface area contributed by atoms with Crippen molar-refractivity contribution in [2.75, 3.05) is 0 Å². The minimum atomic E-state index is -1.11. The second-order valence-electron chi connectivity index (χ2n) is 7.14. The van der Waals surface area contributed by atoms with Crippen LogP contribution in [0.2, 0.25) is 0 Å². The molecule has 4 fully saturated rings. The van der Waals surface area contributed by atoms with E-state index in [1.54, 1.807) is 6.92 Å². The van der Waals surface area contributed by atoms with Crippen LogP contribution in [0.3, 0.4) is 0 Å². The Balaban J connectivity index is 1.95. The summed E-state index contributed by atoms with van der Waals surface area (Å²) in [4.78, 5) is 23.8. The molecule has 3 unspecified atom stereocenters. The van der Waals surface area contributed by atoms with E-state index in [0.29, 0.717) is 43.1 Å². The van der Waals surface area contributed by atoms with E-state index in [9.17, 15) is 14.7 Å². The molecule has 0 amide bonds. The zero-order chi connectivity index (χ0) is 16.1. The molecule has 0 aliphatic heterocycles. The van der Waals surface area contributed by atoms with Crippen LogP contribution in [-0.4, -0.2) is 34.4 Å². The third kappa shape index (κ3) is 2.28. The number of aliphatic hydroxyl groups is 1. The van der Waals surface area contributed by atoms with Gasteiger partial charge < -0.3 is 14.6 Å². The van der Waals surface area contributed by atoms with Crippen LogP contribution in [0.5, 0.6) is 0 Å². The van der Waals surface area contributed by atoms with Gasteiger partial charge in [0.05, 0.1) is 0 Å². The van der Waals surface area contributed by atoms with Crippen LogP contribution in [0, 0.1) is 11.8 Å². The predicted octanol–water partition coefficient (Wildman–Crippen LogP) is 1.90. The number of rotatable bonds is 4. The van der Waals surface area contributed by atoms with Gasteiger partial charge in [0.25, 0.3) is 0 Å². The summed E-state index contributed by atoms with van der Waals surface area (Å²) in [6.07, 6.45) is 3.71. The van der Waals surface area contributed by atoms with E-state index >= 15 is 0 Å². The summed E-state index contributed by atoms with van der Waals surface area (Å²) in [7, 11) is 0. The lowest BCUT2D eigenvalue weighted by Gasteiger charge is -2.62. The maximum absolute atomic E-state index is 12.1. The molecule has 0 aromatic rings. The second-order valence-corrected chi connectivity index (χ2v) is 7.14. The van der Waals surface area contributed by atoms with Gasteiger partial charge in [0.15, 0.2) is 11.7 Å². The van der Waals surface area contributed by atoms with Gasteiger partial charge in [0.2, 0.25) is 0 Å². The van der Waals surface area contributed by atoms with Gasteiger partial charge in [0, 0.05) is 11.6 Å². The van der Waals surface area contributed by atoms with Crippen LogP contribution in [0.4, 0.5) is 0 Å². The van der Waals surface area contributed by atoms with Gasteiger partial charge in [-0.25, -0.2) is 9.59 Å². The summed E-state index contributed by atoms with van der Waals surface area (Å²) < 4.78 is 11.2. The maximum atomic E-state index is 12.1. The van der Waals surface area contributed by atoms with Gasteiger partial charge in [0.1, 0.15) is 5.60 Å². The van der Waals surface area contributed by atoms with Gasteiger partial charge in [-0.1, -0.05) is 13.2 Å². The monoisotopic (exact) mass is 306 g/mol. The molecule has 5 nitrogen and oxygen atoms in total. The van der Waals surface area contributed by atoms with E-state index in [2.05, 4.69) is 13.2 Å². The highest BCUT2D eigenvalue weighted by molar-refractivity contribution is 5.87. The predicted molar refractivity (Wildman–Crippen MR) is 78.7 cm³/mol. The third-order valence-corrected chi connectivity index (χ3v) is 5.23. The quantitative estimate of drug-likeness (QED) is 0.634. The van der Waals surface area contributed by atoms with Crippen LogP contribution < -0.4 is 0 Å². The number of carbonyl (C=O) groups excluding carboxylic acids is 2.